The normalized spacial score (nSPS) is 10.8. The molecule has 0 aliphatic carbocycles. The minimum atomic E-state index is 0.410. The van der Waals surface area contributed by atoms with E-state index in [-0.39, 0.29) is 0 Å². The fraction of sp³-hybridized carbons (Fsp3) is 0.455. The second-order valence-electron chi connectivity index (χ2n) is 3.62. The second-order valence-corrected chi connectivity index (χ2v) is 4.46. The van der Waals surface area contributed by atoms with Gasteiger partial charge in [-0.3, -0.25) is 0 Å². The summed E-state index contributed by atoms with van der Waals surface area (Å²) < 4.78 is 5.23. The van der Waals surface area contributed by atoms with Crippen molar-refractivity contribution in [3.05, 3.63) is 27.7 Å². The molecule has 0 fully saturated rings. The summed E-state index contributed by atoms with van der Waals surface area (Å²) in [5.41, 5.74) is 0.976. The molecule has 1 aromatic carbocycles. The summed E-state index contributed by atoms with van der Waals surface area (Å²) in [5.74, 6) is 0.689. The van der Waals surface area contributed by atoms with Gasteiger partial charge in [-0.25, -0.2) is 0 Å². The van der Waals surface area contributed by atoms with Gasteiger partial charge in [-0.05, 0) is 12.1 Å². The van der Waals surface area contributed by atoms with Gasteiger partial charge in [-0.1, -0.05) is 37.0 Å². The number of methoxy groups -OCH3 is 1. The van der Waals surface area contributed by atoms with E-state index in [1.165, 1.54) is 0 Å². The molecule has 0 saturated heterocycles. The van der Waals surface area contributed by atoms with Crippen molar-refractivity contribution in [2.75, 3.05) is 7.11 Å². The number of rotatable bonds is 4. The number of benzene rings is 1. The van der Waals surface area contributed by atoms with Crippen LogP contribution in [0.25, 0.3) is 0 Å². The van der Waals surface area contributed by atoms with E-state index in [4.69, 9.17) is 27.9 Å². The Hall–Kier alpha value is -0.440. The van der Waals surface area contributed by atoms with E-state index >= 15 is 0 Å². The maximum absolute atomic E-state index is 6.01. The fourth-order valence-electron chi connectivity index (χ4n) is 1.29. The van der Waals surface area contributed by atoms with Crippen LogP contribution in [0.3, 0.4) is 0 Å². The van der Waals surface area contributed by atoms with Gasteiger partial charge in [0.05, 0.1) is 12.1 Å². The molecule has 0 aromatic heterocycles. The summed E-state index contributed by atoms with van der Waals surface area (Å²) in [4.78, 5) is 0. The zero-order chi connectivity index (χ0) is 11.4. The molecule has 0 saturated carbocycles. The first-order chi connectivity index (χ1) is 7.04. The maximum atomic E-state index is 6.01. The first-order valence-corrected chi connectivity index (χ1v) is 5.55. The van der Waals surface area contributed by atoms with E-state index in [9.17, 15) is 0 Å². The van der Waals surface area contributed by atoms with E-state index in [0.717, 1.165) is 5.56 Å². The molecule has 0 atom stereocenters. The van der Waals surface area contributed by atoms with Crippen LogP contribution in [0.15, 0.2) is 12.1 Å². The Kier molecular flexibility index (Phi) is 4.71. The Labute approximate surface area is 101 Å². The van der Waals surface area contributed by atoms with E-state index in [2.05, 4.69) is 19.2 Å². The summed E-state index contributed by atoms with van der Waals surface area (Å²) in [6.45, 7) is 4.86. The molecule has 0 radical (unpaired) electrons. The molecule has 0 aliphatic rings. The van der Waals surface area contributed by atoms with Crippen molar-refractivity contribution in [3.8, 4) is 5.75 Å². The molecule has 2 nitrogen and oxygen atoms in total. The topological polar surface area (TPSA) is 21.3 Å². The lowest BCUT2D eigenvalue weighted by Gasteiger charge is -2.13. The van der Waals surface area contributed by atoms with Crippen LogP contribution in [0.2, 0.25) is 10.0 Å². The lowest BCUT2D eigenvalue weighted by molar-refractivity contribution is 0.406. The molecular weight excluding hydrogens is 233 g/mol. The molecule has 0 aliphatic heterocycles. The maximum Gasteiger partial charge on any atom is 0.142 e. The predicted octanol–water partition coefficient (Wildman–Crippen LogP) is 3.50. The van der Waals surface area contributed by atoms with Crippen molar-refractivity contribution in [2.24, 2.45) is 0 Å². The van der Waals surface area contributed by atoms with Crippen molar-refractivity contribution in [1.29, 1.82) is 0 Å². The van der Waals surface area contributed by atoms with Crippen LogP contribution in [-0.2, 0) is 6.54 Å². The largest absolute Gasteiger partial charge is 0.495 e. The van der Waals surface area contributed by atoms with Gasteiger partial charge in [-0.2, -0.15) is 0 Å². The van der Waals surface area contributed by atoms with Gasteiger partial charge in [-0.15, -0.1) is 0 Å². The van der Waals surface area contributed by atoms with Crippen molar-refractivity contribution < 1.29 is 4.74 Å². The minimum Gasteiger partial charge on any atom is -0.495 e. The molecular formula is C11H15Cl2NO. The van der Waals surface area contributed by atoms with Crippen LogP contribution in [0.4, 0.5) is 0 Å². The van der Waals surface area contributed by atoms with Crippen LogP contribution in [-0.4, -0.2) is 13.2 Å². The van der Waals surface area contributed by atoms with Crippen LogP contribution < -0.4 is 10.1 Å². The summed E-state index contributed by atoms with van der Waals surface area (Å²) in [7, 11) is 1.61. The Balaban J connectivity index is 2.93. The number of hydrogen-bond acceptors (Lipinski definition) is 2. The summed E-state index contributed by atoms with van der Waals surface area (Å²) in [6, 6.07) is 3.95. The smallest absolute Gasteiger partial charge is 0.142 e. The van der Waals surface area contributed by atoms with Crippen LogP contribution >= 0.6 is 23.2 Å². The zero-order valence-electron chi connectivity index (χ0n) is 9.10. The molecule has 15 heavy (non-hydrogen) atoms. The molecule has 1 N–H and O–H groups in total. The van der Waals surface area contributed by atoms with Gasteiger partial charge in [0.1, 0.15) is 5.75 Å². The third-order valence-electron chi connectivity index (χ3n) is 1.99. The number of hydrogen-bond donors (Lipinski definition) is 1. The Morgan fingerprint density at radius 3 is 2.53 bits per heavy atom. The van der Waals surface area contributed by atoms with Gasteiger partial charge in [0, 0.05) is 23.2 Å². The van der Waals surface area contributed by atoms with Crippen molar-refractivity contribution in [1.82, 2.24) is 5.32 Å². The third kappa shape index (κ3) is 3.56. The quantitative estimate of drug-likeness (QED) is 0.880. The highest BCUT2D eigenvalue weighted by atomic mass is 35.5. The molecule has 84 valence electrons. The SMILES string of the molecule is COc1c(Cl)cc(Cl)cc1CNC(C)C. The second kappa shape index (κ2) is 5.59. The van der Waals surface area contributed by atoms with Gasteiger partial charge >= 0.3 is 0 Å². The Morgan fingerprint density at radius 1 is 1.33 bits per heavy atom. The lowest BCUT2D eigenvalue weighted by Crippen LogP contribution is -2.22. The molecule has 1 rings (SSSR count). The van der Waals surface area contributed by atoms with Crippen LogP contribution in [0.5, 0.6) is 5.75 Å². The highest BCUT2D eigenvalue weighted by molar-refractivity contribution is 6.35. The Bertz CT molecular complexity index is 340. The minimum absolute atomic E-state index is 0.410. The standard InChI is InChI=1S/C11H15Cl2NO/c1-7(2)14-6-8-4-9(12)5-10(13)11(8)15-3/h4-5,7,14H,6H2,1-3H3. The number of halogens is 2. The van der Waals surface area contributed by atoms with Gasteiger partial charge < -0.3 is 10.1 Å². The van der Waals surface area contributed by atoms with Gasteiger partial charge in [0.15, 0.2) is 0 Å². The number of nitrogens with one attached hydrogen (secondary N) is 1. The Morgan fingerprint density at radius 2 is 2.00 bits per heavy atom. The van der Waals surface area contributed by atoms with Gasteiger partial charge in [0.25, 0.3) is 0 Å². The van der Waals surface area contributed by atoms with Crippen molar-refractivity contribution in [3.63, 3.8) is 0 Å². The van der Waals surface area contributed by atoms with Crippen LogP contribution in [0.1, 0.15) is 19.4 Å². The molecule has 0 heterocycles. The average Bonchev–Trinajstić information content (AvgIpc) is 2.13. The molecule has 4 heteroatoms. The lowest BCUT2D eigenvalue weighted by atomic mass is 10.2. The monoisotopic (exact) mass is 247 g/mol. The fourth-order valence-corrected chi connectivity index (χ4v) is 1.90. The van der Waals surface area contributed by atoms with Crippen molar-refractivity contribution >= 4 is 23.2 Å². The first kappa shape index (κ1) is 12.6. The predicted molar refractivity (Wildman–Crippen MR) is 65.0 cm³/mol. The summed E-state index contributed by atoms with van der Waals surface area (Å²) in [5, 5.41) is 4.47. The van der Waals surface area contributed by atoms with E-state index in [1.54, 1.807) is 13.2 Å². The van der Waals surface area contributed by atoms with Gasteiger partial charge in [0.2, 0.25) is 0 Å². The highest BCUT2D eigenvalue weighted by Gasteiger charge is 2.09. The van der Waals surface area contributed by atoms with E-state index in [0.29, 0.717) is 28.4 Å². The molecule has 0 bridgehead atoms. The molecule has 0 unspecified atom stereocenters. The third-order valence-corrected chi connectivity index (χ3v) is 2.49. The highest BCUT2D eigenvalue weighted by Crippen LogP contribution is 2.32. The van der Waals surface area contributed by atoms with E-state index in [1.807, 2.05) is 6.07 Å². The van der Waals surface area contributed by atoms with E-state index < -0.39 is 0 Å². The summed E-state index contributed by atoms with van der Waals surface area (Å²) in [6.07, 6.45) is 0. The first-order valence-electron chi connectivity index (χ1n) is 4.80. The van der Waals surface area contributed by atoms with Crippen LogP contribution in [0, 0.1) is 0 Å². The molecule has 0 spiro atoms. The van der Waals surface area contributed by atoms with Crippen molar-refractivity contribution in [2.45, 2.75) is 26.4 Å². The number of ether oxygens (including phenoxy) is 1. The molecule has 1 aromatic rings. The zero-order valence-corrected chi connectivity index (χ0v) is 10.6. The average molecular weight is 248 g/mol. The molecule has 0 amide bonds. The summed E-state index contributed by atoms with van der Waals surface area (Å²) >= 11 is 11.9.